The normalized spacial score (nSPS) is 18.7. The smallest absolute Gasteiger partial charge is 0.348 e. The Kier molecular flexibility index (Phi) is 7.10. The zero-order valence-corrected chi connectivity index (χ0v) is 19.2. The van der Waals surface area contributed by atoms with Gasteiger partial charge >= 0.3 is 5.97 Å². The Hall–Kier alpha value is -2.34. The molecule has 1 saturated heterocycles. The van der Waals surface area contributed by atoms with Crippen molar-refractivity contribution < 1.29 is 24.2 Å². The van der Waals surface area contributed by atoms with Crippen LogP contribution in [-0.4, -0.2) is 72.3 Å². The summed E-state index contributed by atoms with van der Waals surface area (Å²) in [6.07, 6.45) is 0.107. The predicted octanol–water partition coefficient (Wildman–Crippen LogP) is 2.17. The fourth-order valence-corrected chi connectivity index (χ4v) is 4.68. The zero-order chi connectivity index (χ0) is 22.9. The second-order valence-electron chi connectivity index (χ2n) is 6.90. The minimum Gasteiger partial charge on any atom is -0.477 e. The fourth-order valence-electron chi connectivity index (χ4n) is 3.32. The number of anilines is 1. The standard InChI is InChI=1S/C18H21Cl2N5O5S/c1-7-10(19)11(20)12(22-7)16(27)23-8-4-5-25(6-9(8)30-3)18-24-13(15(26)21-2)14(31-18)17(28)29/h8-9,22H,4-6H2,1-3H3,(H,21,26)(H,23,27)(H,28,29)/t8-,9+/m1/s1. The van der Waals surface area contributed by atoms with Crippen molar-refractivity contribution in [1.29, 1.82) is 0 Å². The van der Waals surface area contributed by atoms with Crippen LogP contribution < -0.4 is 15.5 Å². The molecule has 31 heavy (non-hydrogen) atoms. The quantitative estimate of drug-likeness (QED) is 0.487. The molecule has 0 radical (unpaired) electrons. The van der Waals surface area contributed by atoms with Crippen LogP contribution in [0.3, 0.4) is 0 Å². The van der Waals surface area contributed by atoms with Gasteiger partial charge in [0.15, 0.2) is 10.8 Å². The van der Waals surface area contributed by atoms with E-state index in [4.69, 9.17) is 27.9 Å². The number of aromatic carboxylic acids is 1. The average molecular weight is 490 g/mol. The van der Waals surface area contributed by atoms with Gasteiger partial charge in [-0.2, -0.15) is 0 Å². The number of aryl methyl sites for hydroxylation is 1. The van der Waals surface area contributed by atoms with Crippen molar-refractivity contribution in [1.82, 2.24) is 20.6 Å². The maximum absolute atomic E-state index is 12.7. The first-order chi connectivity index (χ1) is 14.7. The van der Waals surface area contributed by atoms with Crippen molar-refractivity contribution in [3.63, 3.8) is 0 Å². The van der Waals surface area contributed by atoms with Crippen LogP contribution in [0.1, 0.15) is 42.8 Å². The topological polar surface area (TPSA) is 137 Å². The molecule has 0 spiro atoms. The lowest BCUT2D eigenvalue weighted by molar-refractivity contribution is 0.0540. The number of aromatic amines is 1. The summed E-state index contributed by atoms with van der Waals surface area (Å²) < 4.78 is 5.56. The first-order valence-electron chi connectivity index (χ1n) is 9.26. The van der Waals surface area contributed by atoms with E-state index in [9.17, 15) is 19.5 Å². The molecule has 0 bridgehead atoms. The number of nitrogens with one attached hydrogen (secondary N) is 3. The second-order valence-corrected chi connectivity index (χ2v) is 8.63. The van der Waals surface area contributed by atoms with Gasteiger partial charge in [0.05, 0.1) is 22.2 Å². The van der Waals surface area contributed by atoms with Gasteiger partial charge in [0, 0.05) is 32.9 Å². The lowest BCUT2D eigenvalue weighted by Crippen LogP contribution is -2.55. The van der Waals surface area contributed by atoms with Gasteiger partial charge in [0.2, 0.25) is 0 Å². The molecule has 2 aromatic rings. The molecule has 2 aromatic heterocycles. The third kappa shape index (κ3) is 4.64. The number of methoxy groups -OCH3 is 1. The number of H-pyrrole nitrogens is 1. The third-order valence-corrected chi connectivity index (χ3v) is 7.03. The van der Waals surface area contributed by atoms with Crippen LogP contribution in [-0.2, 0) is 4.74 Å². The summed E-state index contributed by atoms with van der Waals surface area (Å²) in [5.74, 6) is -2.18. The summed E-state index contributed by atoms with van der Waals surface area (Å²) in [5.41, 5.74) is 0.649. The van der Waals surface area contributed by atoms with Gasteiger partial charge < -0.3 is 30.4 Å². The highest BCUT2D eigenvalue weighted by Gasteiger charge is 2.34. The van der Waals surface area contributed by atoms with Gasteiger partial charge in [-0.25, -0.2) is 9.78 Å². The van der Waals surface area contributed by atoms with E-state index in [0.29, 0.717) is 35.4 Å². The predicted molar refractivity (Wildman–Crippen MR) is 117 cm³/mol. The van der Waals surface area contributed by atoms with Gasteiger partial charge in [-0.1, -0.05) is 34.5 Å². The number of ether oxygens (including phenoxy) is 1. The highest BCUT2D eigenvalue weighted by Crippen LogP contribution is 2.31. The summed E-state index contributed by atoms with van der Waals surface area (Å²) in [7, 11) is 2.93. The molecule has 0 aromatic carbocycles. The summed E-state index contributed by atoms with van der Waals surface area (Å²) in [6, 6.07) is -0.315. The maximum Gasteiger partial charge on any atom is 0.348 e. The van der Waals surface area contributed by atoms with Crippen LogP contribution in [0.4, 0.5) is 5.13 Å². The number of rotatable bonds is 6. The number of amides is 2. The Balaban J connectivity index is 1.75. The van der Waals surface area contributed by atoms with Crippen molar-refractivity contribution >= 4 is 57.5 Å². The van der Waals surface area contributed by atoms with E-state index in [-0.39, 0.29) is 27.3 Å². The van der Waals surface area contributed by atoms with Crippen LogP contribution in [0.15, 0.2) is 0 Å². The molecule has 0 unspecified atom stereocenters. The first-order valence-corrected chi connectivity index (χ1v) is 10.8. The van der Waals surface area contributed by atoms with Crippen molar-refractivity contribution in [3.05, 3.63) is 32.0 Å². The van der Waals surface area contributed by atoms with E-state index in [1.807, 2.05) is 4.90 Å². The lowest BCUT2D eigenvalue weighted by atomic mass is 10.0. The molecule has 3 heterocycles. The molecule has 1 aliphatic rings. The second kappa shape index (κ2) is 9.43. The average Bonchev–Trinajstić information content (AvgIpc) is 3.31. The molecule has 2 atom stereocenters. The van der Waals surface area contributed by atoms with Crippen LogP contribution in [0, 0.1) is 6.92 Å². The molecule has 1 fully saturated rings. The SMILES string of the molecule is CNC(=O)c1nc(N2CC[C@@H](NC(=O)c3[nH]c(C)c(Cl)c3Cl)[C@@H](OC)C2)sc1C(=O)O. The molecule has 13 heteroatoms. The van der Waals surface area contributed by atoms with E-state index >= 15 is 0 Å². The minimum atomic E-state index is -1.22. The van der Waals surface area contributed by atoms with Gasteiger partial charge in [0.25, 0.3) is 11.8 Å². The maximum atomic E-state index is 12.7. The van der Waals surface area contributed by atoms with Gasteiger partial charge in [0.1, 0.15) is 10.6 Å². The molecule has 0 saturated carbocycles. The molecule has 4 N–H and O–H groups in total. The number of piperidine rings is 1. The van der Waals surface area contributed by atoms with Crippen molar-refractivity contribution in [2.75, 3.05) is 32.1 Å². The number of carbonyl (C=O) groups excluding carboxylic acids is 2. The van der Waals surface area contributed by atoms with Crippen LogP contribution in [0.25, 0.3) is 0 Å². The molecule has 3 rings (SSSR count). The summed E-state index contributed by atoms with van der Waals surface area (Å²) in [5, 5.41) is 15.6. The van der Waals surface area contributed by atoms with Gasteiger partial charge in [-0.3, -0.25) is 9.59 Å². The zero-order valence-electron chi connectivity index (χ0n) is 16.9. The highest BCUT2D eigenvalue weighted by molar-refractivity contribution is 7.17. The molecule has 1 aliphatic heterocycles. The molecular formula is C18H21Cl2N5O5S. The molecule has 2 amide bonds. The highest BCUT2D eigenvalue weighted by atomic mass is 35.5. The Labute approximate surface area is 191 Å². The molecule has 10 nitrogen and oxygen atoms in total. The van der Waals surface area contributed by atoms with E-state index in [1.54, 1.807) is 6.92 Å². The van der Waals surface area contributed by atoms with Crippen molar-refractivity contribution in [2.24, 2.45) is 0 Å². The minimum absolute atomic E-state index is 0.131. The molecule has 0 aliphatic carbocycles. The Bertz CT molecular complexity index is 1020. The largest absolute Gasteiger partial charge is 0.477 e. The monoisotopic (exact) mass is 489 g/mol. The van der Waals surface area contributed by atoms with E-state index < -0.39 is 23.9 Å². The summed E-state index contributed by atoms with van der Waals surface area (Å²) in [6.45, 7) is 2.54. The molecular weight excluding hydrogens is 469 g/mol. The Morgan fingerprint density at radius 2 is 2.00 bits per heavy atom. The summed E-state index contributed by atoms with van der Waals surface area (Å²) >= 11 is 13.1. The number of hydrogen-bond acceptors (Lipinski definition) is 7. The number of hydrogen-bond donors (Lipinski definition) is 4. The number of halogens is 2. The van der Waals surface area contributed by atoms with Crippen molar-refractivity contribution in [2.45, 2.75) is 25.5 Å². The molecule has 168 valence electrons. The van der Waals surface area contributed by atoms with E-state index in [1.165, 1.54) is 14.2 Å². The number of nitrogens with zero attached hydrogens (tertiary/aromatic N) is 2. The van der Waals surface area contributed by atoms with Gasteiger partial charge in [-0.15, -0.1) is 0 Å². The van der Waals surface area contributed by atoms with Crippen molar-refractivity contribution in [3.8, 4) is 0 Å². The fraction of sp³-hybridized carbons (Fsp3) is 0.444. The van der Waals surface area contributed by atoms with Crippen LogP contribution in [0.5, 0.6) is 0 Å². The number of carbonyl (C=O) groups is 3. The number of aromatic nitrogens is 2. The van der Waals surface area contributed by atoms with Gasteiger partial charge in [-0.05, 0) is 13.3 Å². The van der Waals surface area contributed by atoms with Crippen LogP contribution in [0.2, 0.25) is 10.0 Å². The Morgan fingerprint density at radius 1 is 1.29 bits per heavy atom. The van der Waals surface area contributed by atoms with Crippen LogP contribution >= 0.6 is 34.5 Å². The van der Waals surface area contributed by atoms with E-state index in [2.05, 4.69) is 20.6 Å². The number of thiazole rings is 1. The number of carboxylic acids is 1. The Morgan fingerprint density at radius 3 is 2.55 bits per heavy atom. The first kappa shape index (κ1) is 23.3. The number of carboxylic acid groups (broad SMARTS) is 1. The lowest BCUT2D eigenvalue weighted by Gasteiger charge is -2.37. The third-order valence-electron chi connectivity index (χ3n) is 4.98. The van der Waals surface area contributed by atoms with E-state index in [0.717, 1.165) is 11.3 Å². The summed E-state index contributed by atoms with van der Waals surface area (Å²) in [4.78, 5) is 44.9.